The van der Waals surface area contributed by atoms with Crippen LogP contribution in [-0.2, 0) is 0 Å². The van der Waals surface area contributed by atoms with E-state index in [9.17, 15) is 0 Å². The molecule has 1 saturated heterocycles. The van der Waals surface area contributed by atoms with Gasteiger partial charge in [0.15, 0.2) is 0 Å². The smallest absolute Gasteiger partial charge is 0.0303 e. The maximum atomic E-state index is 3.72. The molecule has 1 fully saturated rings. The van der Waals surface area contributed by atoms with Crippen LogP contribution in [0.2, 0.25) is 0 Å². The van der Waals surface area contributed by atoms with Gasteiger partial charge in [0.25, 0.3) is 0 Å². The molecular weight excluding hydrogens is 210 g/mol. The topological polar surface area (TPSA) is 12.0 Å². The number of hydrogen-bond donors (Lipinski definition) is 1. The summed E-state index contributed by atoms with van der Waals surface area (Å²) in [7, 11) is 0. The van der Waals surface area contributed by atoms with Crippen molar-refractivity contribution in [3.05, 3.63) is 22.4 Å². The van der Waals surface area contributed by atoms with Crippen molar-refractivity contribution >= 4 is 23.1 Å². The molecule has 0 saturated carbocycles. The van der Waals surface area contributed by atoms with E-state index in [-0.39, 0.29) is 0 Å². The van der Waals surface area contributed by atoms with E-state index in [4.69, 9.17) is 0 Å². The molecule has 0 amide bonds. The van der Waals surface area contributed by atoms with Crippen LogP contribution in [0.1, 0.15) is 31.9 Å². The Bertz CT molecular complexity index is 271. The second kappa shape index (κ2) is 4.69. The lowest BCUT2D eigenvalue weighted by molar-refractivity contribution is 0.454. The fourth-order valence-corrected chi connectivity index (χ4v) is 3.85. The highest BCUT2D eigenvalue weighted by Crippen LogP contribution is 2.28. The summed E-state index contributed by atoms with van der Waals surface area (Å²) in [6, 6.07) is 3.43. The van der Waals surface area contributed by atoms with E-state index < -0.39 is 0 Å². The van der Waals surface area contributed by atoms with Gasteiger partial charge in [0.2, 0.25) is 0 Å². The van der Waals surface area contributed by atoms with Crippen LogP contribution in [0.15, 0.2) is 16.8 Å². The summed E-state index contributed by atoms with van der Waals surface area (Å²) in [5, 5.41) is 8.88. The molecule has 14 heavy (non-hydrogen) atoms. The third-order valence-electron chi connectivity index (χ3n) is 2.88. The molecule has 1 aromatic heterocycles. The molecule has 1 nitrogen and oxygen atoms in total. The van der Waals surface area contributed by atoms with Crippen LogP contribution in [0.3, 0.4) is 0 Å². The molecule has 2 rings (SSSR count). The number of nitrogens with one attached hydrogen (secondary N) is 1. The Hall–Kier alpha value is 0.01000. The zero-order valence-electron chi connectivity index (χ0n) is 8.69. The normalized spacial score (nSPS) is 29.3. The van der Waals surface area contributed by atoms with Crippen molar-refractivity contribution in [2.45, 2.75) is 37.6 Å². The molecule has 1 N–H and O–H groups in total. The molecule has 2 heterocycles. The second-order valence-corrected chi connectivity index (χ2v) is 6.18. The predicted octanol–water partition coefficient (Wildman–Crippen LogP) is 3.29. The molecule has 3 heteroatoms. The van der Waals surface area contributed by atoms with Crippen molar-refractivity contribution in [2.24, 2.45) is 0 Å². The van der Waals surface area contributed by atoms with Crippen LogP contribution < -0.4 is 5.32 Å². The van der Waals surface area contributed by atoms with Crippen molar-refractivity contribution in [2.75, 3.05) is 5.75 Å². The first kappa shape index (κ1) is 10.5. The maximum absolute atomic E-state index is 3.72. The predicted molar refractivity (Wildman–Crippen MR) is 66.2 cm³/mol. The number of thioether (sulfide) groups is 1. The molecular formula is C11H17NS2. The molecule has 1 aromatic rings. The van der Waals surface area contributed by atoms with Gasteiger partial charge < -0.3 is 5.32 Å². The highest BCUT2D eigenvalue weighted by molar-refractivity contribution is 8.00. The lowest BCUT2D eigenvalue weighted by Crippen LogP contribution is -2.35. The Morgan fingerprint density at radius 1 is 1.57 bits per heavy atom. The number of thiophene rings is 1. The van der Waals surface area contributed by atoms with E-state index >= 15 is 0 Å². The van der Waals surface area contributed by atoms with E-state index in [0.717, 1.165) is 5.25 Å². The van der Waals surface area contributed by atoms with Gasteiger partial charge in [-0.05, 0) is 41.5 Å². The minimum Gasteiger partial charge on any atom is -0.306 e. The summed E-state index contributed by atoms with van der Waals surface area (Å²) in [5.41, 5.74) is 1.43. The first-order valence-corrected chi connectivity index (χ1v) is 7.16. The first-order chi connectivity index (χ1) is 6.77. The van der Waals surface area contributed by atoms with Gasteiger partial charge >= 0.3 is 0 Å². The first-order valence-electron chi connectivity index (χ1n) is 5.17. The van der Waals surface area contributed by atoms with Gasteiger partial charge in [-0.15, -0.1) is 0 Å². The van der Waals surface area contributed by atoms with Crippen LogP contribution in [0.25, 0.3) is 0 Å². The maximum Gasteiger partial charge on any atom is 0.0303 e. The fraction of sp³-hybridized carbons (Fsp3) is 0.636. The summed E-state index contributed by atoms with van der Waals surface area (Å²) in [4.78, 5) is 0. The standard InChI is InChI=1S/C11H17NS2/c1-8(10-3-5-13-7-10)12-11-4-6-14-9(11)2/h3,5,7-9,11-12H,4,6H2,1-2H3. The van der Waals surface area contributed by atoms with Crippen molar-refractivity contribution in [3.63, 3.8) is 0 Å². The summed E-state index contributed by atoms with van der Waals surface area (Å²) >= 11 is 3.87. The van der Waals surface area contributed by atoms with Crippen LogP contribution in [0, 0.1) is 0 Å². The van der Waals surface area contributed by atoms with Gasteiger partial charge in [-0.25, -0.2) is 0 Å². The van der Waals surface area contributed by atoms with Crippen molar-refractivity contribution in [1.82, 2.24) is 5.32 Å². The zero-order chi connectivity index (χ0) is 9.97. The quantitative estimate of drug-likeness (QED) is 0.850. The Labute approximate surface area is 94.3 Å². The highest BCUT2D eigenvalue weighted by Gasteiger charge is 2.25. The molecule has 0 radical (unpaired) electrons. The van der Waals surface area contributed by atoms with Gasteiger partial charge in [0.05, 0.1) is 0 Å². The van der Waals surface area contributed by atoms with E-state index in [1.807, 2.05) is 0 Å². The molecule has 1 aliphatic heterocycles. The third-order valence-corrected chi connectivity index (χ3v) is 4.91. The number of hydrogen-bond acceptors (Lipinski definition) is 3. The summed E-state index contributed by atoms with van der Waals surface area (Å²) in [6.07, 6.45) is 1.32. The Balaban J connectivity index is 1.91. The molecule has 1 aliphatic rings. The van der Waals surface area contributed by atoms with Crippen LogP contribution >= 0.6 is 23.1 Å². The van der Waals surface area contributed by atoms with E-state index in [0.29, 0.717) is 12.1 Å². The van der Waals surface area contributed by atoms with Crippen LogP contribution in [0.5, 0.6) is 0 Å². The van der Waals surface area contributed by atoms with Gasteiger partial charge in [0.1, 0.15) is 0 Å². The van der Waals surface area contributed by atoms with E-state index in [1.54, 1.807) is 11.3 Å². The summed E-state index contributed by atoms with van der Waals surface area (Å²) < 4.78 is 0. The van der Waals surface area contributed by atoms with E-state index in [1.165, 1.54) is 17.7 Å². The monoisotopic (exact) mass is 227 g/mol. The van der Waals surface area contributed by atoms with Gasteiger partial charge in [-0.3, -0.25) is 0 Å². The second-order valence-electron chi connectivity index (χ2n) is 3.92. The summed E-state index contributed by atoms with van der Waals surface area (Å²) in [6.45, 7) is 4.59. The van der Waals surface area contributed by atoms with Crippen molar-refractivity contribution in [3.8, 4) is 0 Å². The number of rotatable bonds is 3. The molecule has 78 valence electrons. The van der Waals surface area contributed by atoms with Gasteiger partial charge in [-0.2, -0.15) is 23.1 Å². The van der Waals surface area contributed by atoms with Crippen molar-refractivity contribution < 1.29 is 0 Å². The Morgan fingerprint density at radius 3 is 3.00 bits per heavy atom. The molecule has 0 aliphatic carbocycles. The zero-order valence-corrected chi connectivity index (χ0v) is 10.3. The lowest BCUT2D eigenvalue weighted by Gasteiger charge is -2.21. The highest BCUT2D eigenvalue weighted by atomic mass is 32.2. The van der Waals surface area contributed by atoms with Gasteiger partial charge in [-0.1, -0.05) is 6.92 Å². The van der Waals surface area contributed by atoms with Crippen LogP contribution in [-0.4, -0.2) is 17.0 Å². The average molecular weight is 227 g/mol. The summed E-state index contributed by atoms with van der Waals surface area (Å²) in [5.74, 6) is 1.31. The Kier molecular flexibility index (Phi) is 3.52. The SMILES string of the molecule is CC(NC1CCSC1C)c1ccsc1. The van der Waals surface area contributed by atoms with E-state index in [2.05, 4.69) is 47.8 Å². The molecule has 0 aromatic carbocycles. The lowest BCUT2D eigenvalue weighted by atomic mass is 10.1. The van der Waals surface area contributed by atoms with Crippen LogP contribution in [0.4, 0.5) is 0 Å². The molecule has 3 atom stereocenters. The largest absolute Gasteiger partial charge is 0.306 e. The van der Waals surface area contributed by atoms with Gasteiger partial charge in [0, 0.05) is 17.3 Å². The minimum atomic E-state index is 0.507. The molecule has 0 spiro atoms. The minimum absolute atomic E-state index is 0.507. The average Bonchev–Trinajstić information content (AvgIpc) is 2.77. The van der Waals surface area contributed by atoms with Crippen molar-refractivity contribution in [1.29, 1.82) is 0 Å². The third kappa shape index (κ3) is 2.33. The molecule has 3 unspecified atom stereocenters. The Morgan fingerprint density at radius 2 is 2.43 bits per heavy atom. The fourth-order valence-electron chi connectivity index (χ4n) is 1.89. The molecule has 0 bridgehead atoms.